The molecule has 0 radical (unpaired) electrons. The first-order valence-electron chi connectivity index (χ1n) is 5.85. The second-order valence-electron chi connectivity index (χ2n) is 4.07. The standard InChI is InChI=1S/C16H11F3O/c1-2-10-20-15-9-4-3-8-14(15)12-6-5-7-13(11-12)16(17,18)19/h1,3-9,11H,10H2. The quantitative estimate of drug-likeness (QED) is 0.756. The molecule has 0 aromatic heterocycles. The van der Waals surface area contributed by atoms with Gasteiger partial charge in [-0.2, -0.15) is 13.2 Å². The minimum atomic E-state index is -4.37. The zero-order chi connectivity index (χ0) is 14.6. The third-order valence-electron chi connectivity index (χ3n) is 2.70. The van der Waals surface area contributed by atoms with Crippen LogP contribution in [0, 0.1) is 12.3 Å². The lowest BCUT2D eigenvalue weighted by atomic mass is 10.0. The van der Waals surface area contributed by atoms with Crippen LogP contribution >= 0.6 is 0 Å². The number of terminal acetylenes is 1. The van der Waals surface area contributed by atoms with E-state index in [1.165, 1.54) is 6.07 Å². The number of ether oxygens (including phenoxy) is 1. The van der Waals surface area contributed by atoms with E-state index in [4.69, 9.17) is 11.2 Å². The molecule has 0 saturated heterocycles. The number of alkyl halides is 3. The van der Waals surface area contributed by atoms with Crippen molar-refractivity contribution in [2.75, 3.05) is 6.61 Å². The zero-order valence-electron chi connectivity index (χ0n) is 10.4. The average molecular weight is 276 g/mol. The van der Waals surface area contributed by atoms with Gasteiger partial charge in [-0.3, -0.25) is 0 Å². The Bertz CT molecular complexity index is 639. The minimum absolute atomic E-state index is 0.0655. The second-order valence-corrected chi connectivity index (χ2v) is 4.07. The van der Waals surface area contributed by atoms with Crippen LogP contribution in [0.1, 0.15) is 5.56 Å². The van der Waals surface area contributed by atoms with Crippen LogP contribution in [-0.2, 0) is 6.18 Å². The predicted octanol–water partition coefficient (Wildman–Crippen LogP) is 4.38. The summed E-state index contributed by atoms with van der Waals surface area (Å²) in [6, 6.07) is 11.9. The highest BCUT2D eigenvalue weighted by atomic mass is 19.4. The SMILES string of the molecule is C#CCOc1ccccc1-c1cccc(C(F)(F)F)c1. The Morgan fingerprint density at radius 2 is 1.80 bits per heavy atom. The van der Waals surface area contributed by atoms with Crippen molar-refractivity contribution < 1.29 is 17.9 Å². The van der Waals surface area contributed by atoms with Crippen molar-refractivity contribution in [3.05, 3.63) is 54.1 Å². The smallest absolute Gasteiger partial charge is 0.416 e. The monoisotopic (exact) mass is 276 g/mol. The number of rotatable bonds is 3. The van der Waals surface area contributed by atoms with Crippen molar-refractivity contribution in [1.29, 1.82) is 0 Å². The lowest BCUT2D eigenvalue weighted by molar-refractivity contribution is -0.137. The molecule has 0 aliphatic carbocycles. The van der Waals surface area contributed by atoms with E-state index in [0.29, 0.717) is 16.9 Å². The van der Waals surface area contributed by atoms with Crippen molar-refractivity contribution in [2.45, 2.75) is 6.18 Å². The Labute approximate surface area is 115 Å². The lowest BCUT2D eigenvalue weighted by Crippen LogP contribution is -2.04. The van der Waals surface area contributed by atoms with E-state index in [1.807, 2.05) is 0 Å². The van der Waals surface area contributed by atoms with E-state index < -0.39 is 11.7 Å². The highest BCUT2D eigenvalue weighted by Crippen LogP contribution is 2.35. The van der Waals surface area contributed by atoms with Crippen molar-refractivity contribution in [1.82, 2.24) is 0 Å². The molecule has 0 spiro atoms. The van der Waals surface area contributed by atoms with Crippen LogP contribution in [0.3, 0.4) is 0 Å². The topological polar surface area (TPSA) is 9.23 Å². The molecule has 0 saturated carbocycles. The molecule has 20 heavy (non-hydrogen) atoms. The fraction of sp³-hybridized carbons (Fsp3) is 0.125. The van der Waals surface area contributed by atoms with E-state index in [-0.39, 0.29) is 6.61 Å². The van der Waals surface area contributed by atoms with Gasteiger partial charge in [-0.15, -0.1) is 6.42 Å². The van der Waals surface area contributed by atoms with E-state index in [0.717, 1.165) is 12.1 Å². The maximum absolute atomic E-state index is 12.7. The van der Waals surface area contributed by atoms with Crippen molar-refractivity contribution in [3.8, 4) is 29.2 Å². The molecule has 0 fully saturated rings. The number of halogens is 3. The Hall–Kier alpha value is -2.41. The third-order valence-corrected chi connectivity index (χ3v) is 2.70. The van der Waals surface area contributed by atoms with Gasteiger partial charge in [0.05, 0.1) is 5.56 Å². The van der Waals surface area contributed by atoms with Gasteiger partial charge in [0.1, 0.15) is 12.4 Å². The van der Waals surface area contributed by atoms with Crippen LogP contribution < -0.4 is 4.74 Å². The fourth-order valence-corrected chi connectivity index (χ4v) is 1.81. The summed E-state index contributed by atoms with van der Waals surface area (Å²) >= 11 is 0. The van der Waals surface area contributed by atoms with Crippen molar-refractivity contribution in [2.24, 2.45) is 0 Å². The molecule has 0 N–H and O–H groups in total. The second kappa shape index (κ2) is 5.70. The Balaban J connectivity index is 2.44. The highest BCUT2D eigenvalue weighted by Gasteiger charge is 2.30. The van der Waals surface area contributed by atoms with Gasteiger partial charge in [0.2, 0.25) is 0 Å². The molecular formula is C16H11F3O. The van der Waals surface area contributed by atoms with E-state index >= 15 is 0 Å². The molecule has 0 heterocycles. The molecule has 1 nitrogen and oxygen atoms in total. The summed E-state index contributed by atoms with van der Waals surface area (Å²) in [5, 5.41) is 0. The fourth-order valence-electron chi connectivity index (χ4n) is 1.81. The van der Waals surface area contributed by atoms with Crippen molar-refractivity contribution in [3.63, 3.8) is 0 Å². The molecule has 0 aliphatic rings. The van der Waals surface area contributed by atoms with Gasteiger partial charge in [0, 0.05) is 5.56 Å². The van der Waals surface area contributed by atoms with Crippen LogP contribution in [0.25, 0.3) is 11.1 Å². The Morgan fingerprint density at radius 3 is 2.50 bits per heavy atom. The van der Waals surface area contributed by atoms with Gasteiger partial charge in [0.15, 0.2) is 0 Å². The maximum Gasteiger partial charge on any atom is 0.416 e. The van der Waals surface area contributed by atoms with Gasteiger partial charge in [-0.1, -0.05) is 36.3 Å². The van der Waals surface area contributed by atoms with Gasteiger partial charge < -0.3 is 4.74 Å². The summed E-state index contributed by atoms with van der Waals surface area (Å²) in [4.78, 5) is 0. The zero-order valence-corrected chi connectivity index (χ0v) is 10.4. The highest BCUT2D eigenvalue weighted by molar-refractivity contribution is 5.71. The largest absolute Gasteiger partial charge is 0.480 e. The average Bonchev–Trinajstić information content (AvgIpc) is 2.45. The molecule has 4 heteroatoms. The maximum atomic E-state index is 12.7. The third kappa shape index (κ3) is 3.12. The molecule has 0 aliphatic heterocycles. The number of para-hydroxylation sites is 1. The van der Waals surface area contributed by atoms with Gasteiger partial charge >= 0.3 is 6.18 Å². The molecule has 0 unspecified atom stereocenters. The van der Waals surface area contributed by atoms with Crippen LogP contribution in [-0.4, -0.2) is 6.61 Å². The van der Waals surface area contributed by atoms with Gasteiger partial charge in [-0.25, -0.2) is 0 Å². The lowest BCUT2D eigenvalue weighted by Gasteiger charge is -2.12. The van der Waals surface area contributed by atoms with Gasteiger partial charge in [-0.05, 0) is 23.8 Å². The van der Waals surface area contributed by atoms with Crippen LogP contribution in [0.4, 0.5) is 13.2 Å². The van der Waals surface area contributed by atoms with Crippen LogP contribution in [0.15, 0.2) is 48.5 Å². The summed E-state index contributed by atoms with van der Waals surface area (Å²) in [5.41, 5.74) is 0.322. The summed E-state index contributed by atoms with van der Waals surface area (Å²) in [7, 11) is 0. The first kappa shape index (κ1) is 14.0. The summed E-state index contributed by atoms with van der Waals surface area (Å²) in [6.07, 6.45) is 0.752. The van der Waals surface area contributed by atoms with Crippen LogP contribution in [0.2, 0.25) is 0 Å². The molecule has 2 aromatic rings. The van der Waals surface area contributed by atoms with Crippen LogP contribution in [0.5, 0.6) is 5.75 Å². The molecule has 2 rings (SSSR count). The van der Waals surface area contributed by atoms with E-state index in [9.17, 15) is 13.2 Å². The molecule has 0 atom stereocenters. The molecule has 0 amide bonds. The summed E-state index contributed by atoms with van der Waals surface area (Å²) in [6.45, 7) is 0.0655. The molecule has 0 bridgehead atoms. The van der Waals surface area contributed by atoms with Crippen molar-refractivity contribution >= 4 is 0 Å². The first-order valence-corrected chi connectivity index (χ1v) is 5.85. The van der Waals surface area contributed by atoms with E-state index in [2.05, 4.69) is 5.92 Å². The summed E-state index contributed by atoms with van der Waals surface area (Å²) < 4.78 is 43.5. The molecule has 2 aromatic carbocycles. The van der Waals surface area contributed by atoms with Gasteiger partial charge in [0.25, 0.3) is 0 Å². The summed E-state index contributed by atoms with van der Waals surface area (Å²) in [5.74, 6) is 2.79. The molecule has 102 valence electrons. The minimum Gasteiger partial charge on any atom is -0.480 e. The number of benzene rings is 2. The first-order chi connectivity index (χ1) is 9.52. The molecular weight excluding hydrogens is 265 g/mol. The number of hydrogen-bond acceptors (Lipinski definition) is 1. The normalized spacial score (nSPS) is 10.9. The number of hydrogen-bond donors (Lipinski definition) is 0. The Kier molecular flexibility index (Phi) is 3.99. The van der Waals surface area contributed by atoms with E-state index in [1.54, 1.807) is 30.3 Å². The Morgan fingerprint density at radius 1 is 1.05 bits per heavy atom. The predicted molar refractivity (Wildman–Crippen MR) is 71.2 cm³/mol.